The van der Waals surface area contributed by atoms with Crippen molar-refractivity contribution in [1.82, 2.24) is 20.5 Å². The fourth-order valence-corrected chi connectivity index (χ4v) is 4.08. The summed E-state index contributed by atoms with van der Waals surface area (Å²) in [6.45, 7) is 9.42. The van der Waals surface area contributed by atoms with Gasteiger partial charge >= 0.3 is 6.09 Å². The molecule has 1 aromatic heterocycles. The second kappa shape index (κ2) is 10.8. The van der Waals surface area contributed by atoms with E-state index in [1.165, 1.54) is 4.90 Å². The summed E-state index contributed by atoms with van der Waals surface area (Å²) in [4.78, 5) is 44.4. The Morgan fingerprint density at radius 2 is 1.86 bits per heavy atom. The van der Waals surface area contributed by atoms with Crippen LogP contribution in [0.25, 0.3) is 0 Å². The van der Waals surface area contributed by atoms with Crippen LogP contribution in [0, 0.1) is 6.92 Å². The molecule has 9 nitrogen and oxygen atoms in total. The van der Waals surface area contributed by atoms with Gasteiger partial charge in [-0.15, -0.1) is 0 Å². The predicted molar refractivity (Wildman–Crippen MR) is 133 cm³/mol. The minimum Gasteiger partial charge on any atom is -0.444 e. The average Bonchev–Trinajstić information content (AvgIpc) is 3.24. The van der Waals surface area contributed by atoms with Gasteiger partial charge in [-0.2, -0.15) is 0 Å². The quantitative estimate of drug-likeness (QED) is 0.582. The standard InChI is InChI=1S/C26H35N5O4/c1-16-19(11-12-22(27)29-16)14-28-23(32)17(2)30-24(33)21-13-20(18-9-7-6-8-10-18)15-31(21)25(34)35-26(3,4)5/h6-12,17,20-21H,13-15H2,1-5H3,(H2,27,29)(H,28,32)(H,30,33)/t17-,20-,21+/m0/s1. The number of nitrogen functional groups attached to an aromatic ring is 1. The Bertz CT molecular complexity index is 1070. The Morgan fingerprint density at radius 1 is 1.17 bits per heavy atom. The number of nitrogens with zero attached hydrogens (tertiary/aromatic N) is 2. The van der Waals surface area contributed by atoms with Crippen molar-refractivity contribution in [2.24, 2.45) is 0 Å². The predicted octanol–water partition coefficient (Wildman–Crippen LogP) is 2.89. The summed E-state index contributed by atoms with van der Waals surface area (Å²) >= 11 is 0. The van der Waals surface area contributed by atoms with Crippen LogP contribution in [-0.4, -0.2) is 52.0 Å². The second-order valence-electron chi connectivity index (χ2n) is 9.92. The Labute approximate surface area is 206 Å². The van der Waals surface area contributed by atoms with Gasteiger partial charge in [0.05, 0.1) is 0 Å². The molecule has 4 N–H and O–H groups in total. The number of nitrogens with one attached hydrogen (secondary N) is 2. The van der Waals surface area contributed by atoms with Gasteiger partial charge in [-0.1, -0.05) is 36.4 Å². The smallest absolute Gasteiger partial charge is 0.410 e. The molecule has 3 rings (SSSR count). The molecule has 35 heavy (non-hydrogen) atoms. The topological polar surface area (TPSA) is 127 Å². The molecule has 9 heteroatoms. The number of pyridine rings is 1. The molecule has 0 unspecified atom stereocenters. The van der Waals surface area contributed by atoms with Gasteiger partial charge in [-0.3, -0.25) is 14.5 Å². The van der Waals surface area contributed by atoms with Crippen molar-refractivity contribution in [3.8, 4) is 0 Å². The molecular formula is C26H35N5O4. The molecule has 3 amide bonds. The van der Waals surface area contributed by atoms with Crippen LogP contribution in [0.5, 0.6) is 0 Å². The molecule has 0 bridgehead atoms. The first kappa shape index (κ1) is 26.0. The average molecular weight is 482 g/mol. The van der Waals surface area contributed by atoms with Gasteiger partial charge in [0.25, 0.3) is 0 Å². The maximum atomic E-state index is 13.2. The van der Waals surface area contributed by atoms with E-state index in [-0.39, 0.29) is 24.3 Å². The fraction of sp³-hybridized carbons (Fsp3) is 0.462. The molecule has 3 atom stereocenters. The number of anilines is 1. The van der Waals surface area contributed by atoms with E-state index in [0.29, 0.717) is 18.8 Å². The molecule has 0 spiro atoms. The summed E-state index contributed by atoms with van der Waals surface area (Å²) < 4.78 is 5.56. The molecule has 0 saturated carbocycles. The number of carbonyl (C=O) groups excluding carboxylic acids is 3. The first-order valence-corrected chi connectivity index (χ1v) is 11.8. The van der Waals surface area contributed by atoms with E-state index in [0.717, 1.165) is 16.8 Å². The Kier molecular flexibility index (Phi) is 7.99. The fourth-order valence-electron chi connectivity index (χ4n) is 4.08. The van der Waals surface area contributed by atoms with E-state index in [1.807, 2.05) is 43.3 Å². The van der Waals surface area contributed by atoms with Crippen LogP contribution >= 0.6 is 0 Å². The third kappa shape index (κ3) is 6.94. The monoisotopic (exact) mass is 481 g/mol. The largest absolute Gasteiger partial charge is 0.444 e. The number of amides is 3. The van der Waals surface area contributed by atoms with Gasteiger partial charge in [0.2, 0.25) is 11.8 Å². The maximum absolute atomic E-state index is 13.2. The van der Waals surface area contributed by atoms with E-state index < -0.39 is 23.8 Å². The highest BCUT2D eigenvalue weighted by atomic mass is 16.6. The molecule has 1 saturated heterocycles. The highest BCUT2D eigenvalue weighted by molar-refractivity contribution is 5.91. The van der Waals surface area contributed by atoms with E-state index in [2.05, 4.69) is 15.6 Å². The molecule has 2 heterocycles. The molecule has 0 radical (unpaired) electrons. The third-order valence-corrected chi connectivity index (χ3v) is 5.92. The number of rotatable bonds is 6. The zero-order valence-corrected chi connectivity index (χ0v) is 21.0. The van der Waals surface area contributed by atoms with Crippen LogP contribution in [0.2, 0.25) is 0 Å². The van der Waals surface area contributed by atoms with E-state index >= 15 is 0 Å². The van der Waals surface area contributed by atoms with Crippen molar-refractivity contribution in [2.75, 3.05) is 12.3 Å². The number of likely N-dealkylation sites (tertiary alicyclic amines) is 1. The van der Waals surface area contributed by atoms with Gasteiger partial charge < -0.3 is 21.1 Å². The maximum Gasteiger partial charge on any atom is 0.410 e. The minimum absolute atomic E-state index is 0.00964. The molecule has 1 aromatic carbocycles. The van der Waals surface area contributed by atoms with Crippen molar-refractivity contribution in [3.63, 3.8) is 0 Å². The van der Waals surface area contributed by atoms with Gasteiger partial charge in [0.15, 0.2) is 0 Å². The lowest BCUT2D eigenvalue weighted by atomic mass is 9.96. The van der Waals surface area contributed by atoms with Crippen LogP contribution in [0.1, 0.15) is 56.9 Å². The number of aryl methyl sites for hydroxylation is 1. The lowest BCUT2D eigenvalue weighted by Gasteiger charge is -2.28. The molecule has 1 aliphatic heterocycles. The Balaban J connectivity index is 1.66. The number of carbonyl (C=O) groups is 3. The molecule has 1 aliphatic rings. The molecule has 2 aromatic rings. The van der Waals surface area contributed by atoms with Crippen LogP contribution in [0.15, 0.2) is 42.5 Å². The minimum atomic E-state index is -0.791. The summed E-state index contributed by atoms with van der Waals surface area (Å²) in [5.74, 6) is -0.319. The zero-order valence-electron chi connectivity index (χ0n) is 21.0. The first-order valence-electron chi connectivity index (χ1n) is 11.8. The zero-order chi connectivity index (χ0) is 25.8. The van der Waals surface area contributed by atoms with Crippen LogP contribution in [-0.2, 0) is 20.9 Å². The van der Waals surface area contributed by atoms with Gasteiger partial charge in [-0.25, -0.2) is 9.78 Å². The number of benzene rings is 1. The summed E-state index contributed by atoms with van der Waals surface area (Å²) in [5.41, 5.74) is 7.60. The summed E-state index contributed by atoms with van der Waals surface area (Å²) in [7, 11) is 0. The molecule has 188 valence electrons. The van der Waals surface area contributed by atoms with Crippen molar-refractivity contribution >= 4 is 23.7 Å². The number of aromatic nitrogens is 1. The van der Waals surface area contributed by atoms with E-state index in [4.69, 9.17) is 10.5 Å². The van der Waals surface area contributed by atoms with Gasteiger partial charge in [0, 0.05) is 24.7 Å². The van der Waals surface area contributed by atoms with E-state index in [1.54, 1.807) is 33.8 Å². The second-order valence-corrected chi connectivity index (χ2v) is 9.92. The third-order valence-electron chi connectivity index (χ3n) is 5.92. The summed E-state index contributed by atoms with van der Waals surface area (Å²) in [6.07, 6.45) is -0.0979. The summed E-state index contributed by atoms with van der Waals surface area (Å²) in [5, 5.41) is 5.58. The van der Waals surface area contributed by atoms with Crippen molar-refractivity contribution in [3.05, 3.63) is 59.3 Å². The first-order chi connectivity index (χ1) is 16.4. The van der Waals surface area contributed by atoms with Crippen molar-refractivity contribution < 1.29 is 19.1 Å². The number of nitrogens with two attached hydrogens (primary N) is 1. The van der Waals surface area contributed by atoms with Crippen molar-refractivity contribution in [1.29, 1.82) is 0 Å². The lowest BCUT2D eigenvalue weighted by molar-refractivity contribution is -0.131. The Hall–Kier alpha value is -3.62. The van der Waals surface area contributed by atoms with E-state index in [9.17, 15) is 14.4 Å². The molecular weight excluding hydrogens is 446 g/mol. The number of ether oxygens (including phenoxy) is 1. The van der Waals surface area contributed by atoms with Crippen molar-refractivity contribution in [2.45, 2.75) is 71.2 Å². The molecule has 1 fully saturated rings. The van der Waals surface area contributed by atoms with Gasteiger partial charge in [-0.05, 0) is 58.2 Å². The lowest BCUT2D eigenvalue weighted by Crippen LogP contribution is -2.52. The highest BCUT2D eigenvalue weighted by Gasteiger charge is 2.42. The summed E-state index contributed by atoms with van der Waals surface area (Å²) in [6, 6.07) is 11.7. The van der Waals surface area contributed by atoms with Crippen LogP contribution < -0.4 is 16.4 Å². The van der Waals surface area contributed by atoms with Crippen LogP contribution in [0.3, 0.4) is 0 Å². The molecule has 0 aliphatic carbocycles. The Morgan fingerprint density at radius 3 is 2.49 bits per heavy atom. The highest BCUT2D eigenvalue weighted by Crippen LogP contribution is 2.33. The van der Waals surface area contributed by atoms with Gasteiger partial charge in [0.1, 0.15) is 23.5 Å². The normalized spacial score (nSPS) is 18.6. The number of hydrogen-bond donors (Lipinski definition) is 3. The SMILES string of the molecule is Cc1nc(N)ccc1CNC(=O)[C@H](C)NC(=O)[C@H]1C[C@H](c2ccccc2)CN1C(=O)OC(C)(C)C. The van der Waals surface area contributed by atoms with Crippen LogP contribution in [0.4, 0.5) is 10.6 Å². The number of hydrogen-bond acceptors (Lipinski definition) is 6.